The molecular weight excluding hydrogens is 725 g/mol. The lowest BCUT2D eigenvalue weighted by Gasteiger charge is -2.23. The van der Waals surface area contributed by atoms with Gasteiger partial charge in [-0.05, 0) is 71.9 Å². The molecule has 4 aromatic rings. The Morgan fingerprint density at radius 3 is 1.55 bits per heavy atom. The summed E-state index contributed by atoms with van der Waals surface area (Å²) in [6, 6.07) is 27.9. The first-order chi connectivity index (χ1) is 28.4. The van der Waals surface area contributed by atoms with Crippen LogP contribution in [0.3, 0.4) is 0 Å². The van der Waals surface area contributed by atoms with E-state index >= 15 is 0 Å². The van der Waals surface area contributed by atoms with Crippen LogP contribution in [0.4, 0.5) is 21.0 Å². The maximum absolute atomic E-state index is 12.9. The number of benzene rings is 4. The van der Waals surface area contributed by atoms with Gasteiger partial charge in [0.15, 0.2) is 0 Å². The molecule has 2 aliphatic carbocycles. The Labute approximate surface area is 344 Å². The Morgan fingerprint density at radius 2 is 0.948 bits per heavy atom. The SMILES string of the molecule is O=C(CCC1CCCC1)N1CCCN(C(=O)Nc2ccc3ccccc3c2)CC1.O=C(CCC1CCCC1)N1CCCN(C(=O)Nc2cccc3ccccc23)CC1. The van der Waals surface area contributed by atoms with Crippen LogP contribution in [0.5, 0.6) is 0 Å². The van der Waals surface area contributed by atoms with Gasteiger partial charge >= 0.3 is 12.1 Å². The topological polar surface area (TPSA) is 105 Å². The predicted molar refractivity (Wildman–Crippen MR) is 234 cm³/mol. The molecule has 2 N–H and O–H groups in total. The lowest BCUT2D eigenvalue weighted by atomic mass is 10.0. The summed E-state index contributed by atoms with van der Waals surface area (Å²) >= 11 is 0. The van der Waals surface area contributed by atoms with E-state index in [0.717, 1.165) is 83.5 Å². The van der Waals surface area contributed by atoms with Crippen molar-refractivity contribution in [3.05, 3.63) is 84.9 Å². The summed E-state index contributed by atoms with van der Waals surface area (Å²) in [4.78, 5) is 58.4. The van der Waals surface area contributed by atoms with Crippen LogP contribution in [0.15, 0.2) is 84.9 Å². The number of fused-ring (bicyclic) bond motifs is 2. The average molecular weight is 787 g/mol. The molecule has 4 aromatic carbocycles. The van der Waals surface area contributed by atoms with E-state index in [1.54, 1.807) is 0 Å². The number of rotatable bonds is 8. The molecule has 10 heteroatoms. The zero-order valence-electron chi connectivity index (χ0n) is 34.2. The normalized spacial score (nSPS) is 18.1. The Morgan fingerprint density at radius 1 is 0.466 bits per heavy atom. The molecular formula is C48H62N6O4. The molecule has 0 atom stereocenters. The second kappa shape index (κ2) is 20.5. The number of anilines is 2. The molecule has 4 fully saturated rings. The summed E-state index contributed by atoms with van der Waals surface area (Å²) < 4.78 is 0. The largest absolute Gasteiger partial charge is 0.341 e. The Kier molecular flexibility index (Phi) is 14.5. The van der Waals surface area contributed by atoms with Crippen LogP contribution in [0.1, 0.15) is 89.9 Å². The number of amides is 6. The van der Waals surface area contributed by atoms with Gasteiger partial charge in [0.1, 0.15) is 0 Å². The first-order valence-corrected chi connectivity index (χ1v) is 22.0. The molecule has 0 unspecified atom stereocenters. The van der Waals surface area contributed by atoms with Crippen LogP contribution < -0.4 is 10.6 Å². The third kappa shape index (κ3) is 11.3. The third-order valence-electron chi connectivity index (χ3n) is 12.8. The fourth-order valence-corrected chi connectivity index (χ4v) is 9.31. The fourth-order valence-electron chi connectivity index (χ4n) is 9.31. The number of nitrogens with zero attached hydrogens (tertiary/aromatic N) is 4. The molecule has 58 heavy (non-hydrogen) atoms. The first-order valence-electron chi connectivity index (χ1n) is 22.0. The molecule has 6 amide bonds. The highest BCUT2D eigenvalue weighted by Crippen LogP contribution is 2.30. The quantitative estimate of drug-likeness (QED) is 0.186. The summed E-state index contributed by atoms with van der Waals surface area (Å²) in [6.07, 6.45) is 15.5. The van der Waals surface area contributed by atoms with E-state index in [-0.39, 0.29) is 23.9 Å². The molecule has 2 saturated carbocycles. The third-order valence-corrected chi connectivity index (χ3v) is 12.8. The number of nitrogens with one attached hydrogen (secondary N) is 2. The Hall–Kier alpha value is -5.12. The van der Waals surface area contributed by atoms with Gasteiger partial charge in [0.2, 0.25) is 11.8 Å². The van der Waals surface area contributed by atoms with Gasteiger partial charge in [-0.3, -0.25) is 9.59 Å². The van der Waals surface area contributed by atoms with E-state index in [1.165, 1.54) is 51.4 Å². The highest BCUT2D eigenvalue weighted by Gasteiger charge is 2.25. The van der Waals surface area contributed by atoms with Crippen LogP contribution in [0, 0.1) is 11.8 Å². The molecule has 0 spiro atoms. The van der Waals surface area contributed by atoms with Crippen molar-refractivity contribution in [1.29, 1.82) is 0 Å². The standard InChI is InChI=1S/2C24H31N3O2/c28-23(14-13-19-7-1-2-8-19)26-15-6-16-27(18-17-26)24(29)25-22-12-5-10-20-9-3-4-11-21(20)22;28-23(13-10-19-6-1-2-7-19)26-14-5-15-27(17-16-26)24(29)25-22-12-11-20-8-3-4-9-21(20)18-22/h3-5,9-12,19H,1-2,6-8,13-18H2,(H,25,29);3-4,8-9,11-12,18-19H,1-2,5-7,10,13-17H2,(H,25,29). The molecule has 2 heterocycles. The lowest BCUT2D eigenvalue weighted by Crippen LogP contribution is -2.39. The summed E-state index contributed by atoms with van der Waals surface area (Å²) in [5.41, 5.74) is 1.64. The van der Waals surface area contributed by atoms with Gasteiger partial charge in [-0.2, -0.15) is 0 Å². The zero-order chi connectivity index (χ0) is 40.1. The minimum absolute atomic E-state index is 0.0818. The minimum Gasteiger partial charge on any atom is -0.341 e. The van der Waals surface area contributed by atoms with Gasteiger partial charge in [0.25, 0.3) is 0 Å². The Balaban J connectivity index is 0.000000177. The number of hydrogen-bond acceptors (Lipinski definition) is 4. The molecule has 0 radical (unpaired) electrons. The van der Waals surface area contributed by atoms with Crippen molar-refractivity contribution in [1.82, 2.24) is 19.6 Å². The van der Waals surface area contributed by atoms with E-state index in [4.69, 9.17) is 0 Å². The first kappa shape index (κ1) is 41.1. The van der Waals surface area contributed by atoms with Gasteiger partial charge in [-0.15, -0.1) is 0 Å². The monoisotopic (exact) mass is 786 g/mol. The fraction of sp³-hybridized carbons (Fsp3) is 0.500. The molecule has 308 valence electrons. The molecule has 0 aromatic heterocycles. The predicted octanol–water partition coefficient (Wildman–Crippen LogP) is 9.75. The van der Waals surface area contributed by atoms with Gasteiger partial charge < -0.3 is 30.2 Å². The highest BCUT2D eigenvalue weighted by molar-refractivity contribution is 6.01. The molecule has 8 rings (SSSR count). The number of hydrogen-bond donors (Lipinski definition) is 2. The van der Waals surface area contributed by atoms with Crippen molar-refractivity contribution in [2.75, 3.05) is 63.0 Å². The lowest BCUT2D eigenvalue weighted by molar-refractivity contribution is -0.132. The smallest absolute Gasteiger partial charge is 0.321 e. The van der Waals surface area contributed by atoms with E-state index in [2.05, 4.69) is 16.7 Å². The second-order valence-electron chi connectivity index (χ2n) is 16.8. The van der Waals surface area contributed by atoms with Crippen LogP contribution >= 0.6 is 0 Å². The van der Waals surface area contributed by atoms with E-state index in [0.29, 0.717) is 52.1 Å². The molecule has 10 nitrogen and oxygen atoms in total. The molecule has 2 saturated heterocycles. The van der Waals surface area contributed by atoms with Gasteiger partial charge in [-0.1, -0.05) is 118 Å². The average Bonchev–Trinajstić information content (AvgIpc) is 3.85. The van der Waals surface area contributed by atoms with Crippen LogP contribution in [0.2, 0.25) is 0 Å². The van der Waals surface area contributed by atoms with E-state index in [9.17, 15) is 19.2 Å². The van der Waals surface area contributed by atoms with Crippen LogP contribution in [-0.4, -0.2) is 95.8 Å². The summed E-state index contributed by atoms with van der Waals surface area (Å²) in [6.45, 7) is 5.32. The van der Waals surface area contributed by atoms with Crippen molar-refractivity contribution >= 4 is 56.8 Å². The second-order valence-corrected chi connectivity index (χ2v) is 16.8. The van der Waals surface area contributed by atoms with Crippen molar-refractivity contribution in [2.24, 2.45) is 11.8 Å². The highest BCUT2D eigenvalue weighted by atomic mass is 16.2. The summed E-state index contributed by atoms with van der Waals surface area (Å²) in [5.74, 6) is 2.01. The summed E-state index contributed by atoms with van der Waals surface area (Å²) in [5, 5.41) is 10.5. The van der Waals surface area contributed by atoms with Crippen LogP contribution in [-0.2, 0) is 9.59 Å². The van der Waals surface area contributed by atoms with Gasteiger partial charge in [0.05, 0.1) is 5.69 Å². The van der Waals surface area contributed by atoms with Gasteiger partial charge in [-0.25, -0.2) is 9.59 Å². The van der Waals surface area contributed by atoms with E-state index in [1.807, 2.05) is 98.5 Å². The van der Waals surface area contributed by atoms with Crippen molar-refractivity contribution in [2.45, 2.75) is 89.9 Å². The van der Waals surface area contributed by atoms with Crippen molar-refractivity contribution < 1.29 is 19.2 Å². The van der Waals surface area contributed by atoms with Gasteiger partial charge in [0, 0.05) is 76.3 Å². The van der Waals surface area contributed by atoms with Crippen LogP contribution in [0.25, 0.3) is 21.5 Å². The Bertz CT molecular complexity index is 2000. The number of carbonyl (C=O) groups excluding carboxylic acids is 4. The molecule has 4 aliphatic rings. The number of carbonyl (C=O) groups is 4. The molecule has 2 aliphatic heterocycles. The minimum atomic E-state index is -0.0828. The maximum atomic E-state index is 12.9. The van der Waals surface area contributed by atoms with Crippen molar-refractivity contribution in [3.8, 4) is 0 Å². The maximum Gasteiger partial charge on any atom is 0.321 e. The number of urea groups is 2. The summed E-state index contributed by atoms with van der Waals surface area (Å²) in [7, 11) is 0. The zero-order valence-corrected chi connectivity index (χ0v) is 34.2. The van der Waals surface area contributed by atoms with E-state index < -0.39 is 0 Å². The van der Waals surface area contributed by atoms with Crippen molar-refractivity contribution in [3.63, 3.8) is 0 Å². The molecule has 0 bridgehead atoms.